The SMILES string of the molecule is Cc1cc(C)c(C#N)c(SCc2c(C#N)c(C)nn2-c2ccccc2)n1. The van der Waals surface area contributed by atoms with Gasteiger partial charge in [0.25, 0.3) is 0 Å². The van der Waals surface area contributed by atoms with Crippen LogP contribution in [0.1, 0.15) is 33.8 Å². The lowest BCUT2D eigenvalue weighted by Crippen LogP contribution is -2.03. The molecule has 0 N–H and O–H groups in total. The summed E-state index contributed by atoms with van der Waals surface area (Å²) in [6.45, 7) is 5.66. The van der Waals surface area contributed by atoms with Crippen LogP contribution in [-0.2, 0) is 5.75 Å². The van der Waals surface area contributed by atoms with Crippen molar-refractivity contribution in [3.8, 4) is 17.8 Å². The molecule has 2 aromatic heterocycles. The van der Waals surface area contributed by atoms with Gasteiger partial charge in [-0.1, -0.05) is 30.0 Å². The van der Waals surface area contributed by atoms with E-state index in [4.69, 9.17) is 0 Å². The molecular formula is C20H17N5S. The van der Waals surface area contributed by atoms with Crippen molar-refractivity contribution in [2.75, 3.05) is 0 Å². The lowest BCUT2D eigenvalue weighted by Gasteiger charge is -2.10. The topological polar surface area (TPSA) is 78.3 Å². The second-order valence-electron chi connectivity index (χ2n) is 5.93. The number of aryl methyl sites for hydroxylation is 3. The molecule has 3 rings (SSSR count). The van der Waals surface area contributed by atoms with Gasteiger partial charge in [0, 0.05) is 11.4 Å². The molecule has 0 unspecified atom stereocenters. The van der Waals surface area contributed by atoms with Crippen LogP contribution in [0.3, 0.4) is 0 Å². The quantitative estimate of drug-likeness (QED) is 0.651. The average molecular weight is 359 g/mol. The molecule has 6 heteroatoms. The number of hydrogen-bond acceptors (Lipinski definition) is 5. The minimum atomic E-state index is 0.503. The normalized spacial score (nSPS) is 10.3. The third kappa shape index (κ3) is 3.33. The maximum atomic E-state index is 9.57. The summed E-state index contributed by atoms with van der Waals surface area (Å²) in [5.41, 5.74) is 5.35. The molecule has 0 atom stereocenters. The van der Waals surface area contributed by atoms with E-state index in [1.54, 1.807) is 4.68 Å². The van der Waals surface area contributed by atoms with Crippen molar-refractivity contribution in [2.24, 2.45) is 0 Å². The Kier molecular flexibility index (Phi) is 5.06. The molecule has 26 heavy (non-hydrogen) atoms. The summed E-state index contributed by atoms with van der Waals surface area (Å²) in [6.07, 6.45) is 0. The zero-order chi connectivity index (χ0) is 18.7. The van der Waals surface area contributed by atoms with Crippen molar-refractivity contribution in [3.63, 3.8) is 0 Å². The van der Waals surface area contributed by atoms with Gasteiger partial charge in [0.05, 0.1) is 28.2 Å². The number of pyridine rings is 1. The van der Waals surface area contributed by atoms with Crippen molar-refractivity contribution in [2.45, 2.75) is 31.6 Å². The first-order chi connectivity index (χ1) is 12.5. The van der Waals surface area contributed by atoms with Crippen LogP contribution in [0.25, 0.3) is 5.69 Å². The van der Waals surface area contributed by atoms with E-state index in [2.05, 4.69) is 22.2 Å². The minimum absolute atomic E-state index is 0.503. The molecule has 0 spiro atoms. The highest BCUT2D eigenvalue weighted by molar-refractivity contribution is 7.98. The van der Waals surface area contributed by atoms with Crippen molar-refractivity contribution in [3.05, 3.63) is 70.2 Å². The van der Waals surface area contributed by atoms with Crippen molar-refractivity contribution in [1.82, 2.24) is 14.8 Å². The van der Waals surface area contributed by atoms with E-state index in [1.165, 1.54) is 11.8 Å². The number of para-hydroxylation sites is 1. The number of nitrogens with zero attached hydrogens (tertiary/aromatic N) is 5. The predicted molar refractivity (Wildman–Crippen MR) is 101 cm³/mol. The lowest BCUT2D eigenvalue weighted by atomic mass is 10.1. The fourth-order valence-electron chi connectivity index (χ4n) is 2.82. The molecule has 0 aliphatic heterocycles. The third-order valence-electron chi connectivity index (χ3n) is 4.04. The molecule has 3 aromatic rings. The first-order valence-corrected chi connectivity index (χ1v) is 9.09. The van der Waals surface area contributed by atoms with Crippen LogP contribution in [-0.4, -0.2) is 14.8 Å². The Morgan fingerprint density at radius 2 is 1.73 bits per heavy atom. The van der Waals surface area contributed by atoms with Crippen molar-refractivity contribution in [1.29, 1.82) is 10.5 Å². The fourth-order valence-corrected chi connectivity index (χ4v) is 3.92. The summed E-state index contributed by atoms with van der Waals surface area (Å²) in [5.74, 6) is 0.503. The van der Waals surface area contributed by atoms with Gasteiger partial charge in [-0.2, -0.15) is 15.6 Å². The summed E-state index contributed by atoms with van der Waals surface area (Å²) < 4.78 is 1.80. The Morgan fingerprint density at radius 3 is 2.38 bits per heavy atom. The maximum absolute atomic E-state index is 9.57. The van der Waals surface area contributed by atoms with E-state index >= 15 is 0 Å². The molecule has 0 amide bonds. The fraction of sp³-hybridized carbons (Fsp3) is 0.200. The van der Waals surface area contributed by atoms with E-state index in [9.17, 15) is 10.5 Å². The van der Waals surface area contributed by atoms with Crippen LogP contribution in [0, 0.1) is 43.4 Å². The smallest absolute Gasteiger partial charge is 0.115 e. The Balaban J connectivity index is 2.02. The van der Waals surface area contributed by atoms with Crippen LogP contribution in [0.5, 0.6) is 0 Å². The van der Waals surface area contributed by atoms with E-state index < -0.39 is 0 Å². The predicted octanol–water partition coefficient (Wildman–Crippen LogP) is 4.23. The number of hydrogen-bond donors (Lipinski definition) is 0. The van der Waals surface area contributed by atoms with Crippen LogP contribution in [0.2, 0.25) is 0 Å². The second kappa shape index (κ2) is 7.43. The Bertz CT molecular complexity index is 1040. The molecule has 0 saturated carbocycles. The Hall–Kier alpha value is -3.09. The van der Waals surface area contributed by atoms with Gasteiger partial charge in [-0.3, -0.25) is 0 Å². The monoisotopic (exact) mass is 359 g/mol. The second-order valence-corrected chi connectivity index (χ2v) is 6.89. The molecule has 1 aromatic carbocycles. The zero-order valence-corrected chi connectivity index (χ0v) is 15.6. The van der Waals surface area contributed by atoms with Gasteiger partial charge in [0.1, 0.15) is 17.2 Å². The van der Waals surface area contributed by atoms with Gasteiger partial charge >= 0.3 is 0 Å². The van der Waals surface area contributed by atoms with E-state index in [0.717, 1.165) is 22.6 Å². The van der Waals surface area contributed by atoms with Crippen LogP contribution in [0.4, 0.5) is 0 Å². The van der Waals surface area contributed by atoms with Gasteiger partial charge in [-0.15, -0.1) is 0 Å². The molecule has 0 fully saturated rings. The van der Waals surface area contributed by atoms with Crippen LogP contribution >= 0.6 is 11.8 Å². The molecule has 0 radical (unpaired) electrons. The number of thioether (sulfide) groups is 1. The molecule has 2 heterocycles. The van der Waals surface area contributed by atoms with Gasteiger partial charge in [0.15, 0.2) is 0 Å². The Morgan fingerprint density at radius 1 is 1.04 bits per heavy atom. The van der Waals surface area contributed by atoms with E-state index in [0.29, 0.717) is 27.6 Å². The lowest BCUT2D eigenvalue weighted by molar-refractivity contribution is 0.828. The van der Waals surface area contributed by atoms with Gasteiger partial charge in [-0.05, 0) is 44.5 Å². The summed E-state index contributed by atoms with van der Waals surface area (Å²) in [4.78, 5) is 4.51. The van der Waals surface area contributed by atoms with Crippen LogP contribution < -0.4 is 0 Å². The average Bonchev–Trinajstić information content (AvgIpc) is 2.95. The Labute approximate surface area is 156 Å². The first-order valence-electron chi connectivity index (χ1n) is 8.10. The van der Waals surface area contributed by atoms with E-state index in [-0.39, 0.29) is 0 Å². The number of aromatic nitrogens is 3. The molecule has 0 aliphatic carbocycles. The molecule has 0 aliphatic rings. The standard InChI is InChI=1S/C20H17N5S/c1-13-9-14(2)23-20(17(13)10-21)26-12-19-18(11-22)15(3)24-25(19)16-7-5-4-6-8-16/h4-9H,12H2,1-3H3. The molecular weight excluding hydrogens is 342 g/mol. The summed E-state index contributed by atoms with van der Waals surface area (Å²) in [7, 11) is 0. The summed E-state index contributed by atoms with van der Waals surface area (Å²) in [5, 5.41) is 24.2. The number of rotatable bonds is 4. The molecule has 128 valence electrons. The third-order valence-corrected chi connectivity index (χ3v) is 5.02. The number of nitriles is 2. The van der Waals surface area contributed by atoms with E-state index in [1.807, 2.05) is 57.2 Å². The molecule has 0 saturated heterocycles. The molecule has 0 bridgehead atoms. The van der Waals surface area contributed by atoms with Gasteiger partial charge in [0.2, 0.25) is 0 Å². The first kappa shape index (κ1) is 17.7. The van der Waals surface area contributed by atoms with Gasteiger partial charge in [-0.25, -0.2) is 9.67 Å². The zero-order valence-electron chi connectivity index (χ0n) is 14.8. The largest absolute Gasteiger partial charge is 0.245 e. The summed E-state index contributed by atoms with van der Waals surface area (Å²) >= 11 is 1.46. The maximum Gasteiger partial charge on any atom is 0.115 e. The number of benzene rings is 1. The highest BCUT2D eigenvalue weighted by Gasteiger charge is 2.18. The van der Waals surface area contributed by atoms with Gasteiger partial charge < -0.3 is 0 Å². The minimum Gasteiger partial charge on any atom is -0.245 e. The van der Waals surface area contributed by atoms with Crippen molar-refractivity contribution >= 4 is 11.8 Å². The molecule has 5 nitrogen and oxygen atoms in total. The highest BCUT2D eigenvalue weighted by atomic mass is 32.2. The van der Waals surface area contributed by atoms with Crippen molar-refractivity contribution < 1.29 is 0 Å². The highest BCUT2D eigenvalue weighted by Crippen LogP contribution is 2.29. The summed E-state index contributed by atoms with van der Waals surface area (Å²) in [6, 6.07) is 16.1. The van der Waals surface area contributed by atoms with Crippen LogP contribution in [0.15, 0.2) is 41.4 Å².